The molecule has 0 heterocycles. The Morgan fingerprint density at radius 3 is 2.36 bits per heavy atom. The van der Waals surface area contributed by atoms with Crippen molar-refractivity contribution >= 4 is 33.8 Å². The molecule has 4 nitrogen and oxygen atoms in total. The molecule has 14 heavy (non-hydrogen) atoms. The highest BCUT2D eigenvalue weighted by molar-refractivity contribution is 7.92. The maximum atomic E-state index is 10.8. The number of rotatable bonds is 2. The maximum absolute atomic E-state index is 10.8. The van der Waals surface area contributed by atoms with Gasteiger partial charge in [-0.15, -0.1) is 12.4 Å². The Balaban J connectivity index is 0.00000169. The van der Waals surface area contributed by atoms with E-state index in [1.807, 2.05) is 6.92 Å². The van der Waals surface area contributed by atoms with Gasteiger partial charge in [-0.3, -0.25) is 4.72 Å². The lowest BCUT2D eigenvalue weighted by atomic mass is 10.2. The quantitative estimate of drug-likeness (QED) is 0.762. The van der Waals surface area contributed by atoms with Crippen molar-refractivity contribution in [2.45, 2.75) is 6.92 Å². The molecule has 0 bridgehead atoms. The van der Waals surface area contributed by atoms with Crippen molar-refractivity contribution in [2.75, 3.05) is 16.7 Å². The SMILES string of the molecule is Cc1ccc(NS(C)(=O)=O)cc1N.Cl. The number of hydrogen-bond acceptors (Lipinski definition) is 3. The number of nitrogens with two attached hydrogens (primary N) is 1. The van der Waals surface area contributed by atoms with Gasteiger partial charge >= 0.3 is 0 Å². The Bertz CT molecular complexity index is 417. The minimum atomic E-state index is -3.21. The second kappa shape index (κ2) is 4.52. The summed E-state index contributed by atoms with van der Waals surface area (Å²) in [5.74, 6) is 0. The molecule has 0 saturated heterocycles. The third kappa shape index (κ3) is 3.85. The van der Waals surface area contributed by atoms with Crippen LogP contribution in [0.4, 0.5) is 11.4 Å². The molecule has 0 aliphatic rings. The van der Waals surface area contributed by atoms with E-state index >= 15 is 0 Å². The Labute approximate surface area is 90.0 Å². The van der Waals surface area contributed by atoms with Crippen LogP contribution in [0.1, 0.15) is 5.56 Å². The lowest BCUT2D eigenvalue weighted by molar-refractivity contribution is 0.607. The van der Waals surface area contributed by atoms with Crippen LogP contribution in [0.5, 0.6) is 0 Å². The molecule has 0 radical (unpaired) electrons. The number of halogens is 1. The van der Waals surface area contributed by atoms with E-state index in [0.717, 1.165) is 11.8 Å². The summed E-state index contributed by atoms with van der Waals surface area (Å²) in [6.45, 7) is 1.86. The maximum Gasteiger partial charge on any atom is 0.229 e. The molecule has 0 aliphatic heterocycles. The predicted molar refractivity (Wildman–Crippen MR) is 61.3 cm³/mol. The summed E-state index contributed by atoms with van der Waals surface area (Å²) in [5.41, 5.74) is 7.60. The fraction of sp³-hybridized carbons (Fsp3) is 0.250. The van der Waals surface area contributed by atoms with Gasteiger partial charge in [0.15, 0.2) is 0 Å². The Hall–Kier alpha value is -0.940. The molecule has 0 fully saturated rings. The van der Waals surface area contributed by atoms with E-state index in [1.165, 1.54) is 0 Å². The van der Waals surface area contributed by atoms with Gasteiger partial charge < -0.3 is 5.73 Å². The van der Waals surface area contributed by atoms with Gasteiger partial charge in [0.25, 0.3) is 0 Å². The molecule has 3 N–H and O–H groups in total. The van der Waals surface area contributed by atoms with Crippen LogP contribution >= 0.6 is 12.4 Å². The minimum Gasteiger partial charge on any atom is -0.398 e. The number of nitrogens with one attached hydrogen (secondary N) is 1. The van der Waals surface area contributed by atoms with Crippen molar-refractivity contribution in [2.24, 2.45) is 0 Å². The molecule has 0 aliphatic carbocycles. The van der Waals surface area contributed by atoms with Gasteiger partial charge in [-0.25, -0.2) is 8.42 Å². The van der Waals surface area contributed by atoms with Crippen molar-refractivity contribution < 1.29 is 8.42 Å². The first kappa shape index (κ1) is 13.1. The van der Waals surface area contributed by atoms with Gasteiger partial charge in [-0.1, -0.05) is 6.07 Å². The molecule has 1 aromatic carbocycles. The van der Waals surface area contributed by atoms with Crippen molar-refractivity contribution in [3.05, 3.63) is 23.8 Å². The zero-order chi connectivity index (χ0) is 10.1. The van der Waals surface area contributed by atoms with Crippen molar-refractivity contribution in [3.8, 4) is 0 Å². The molecule has 0 unspecified atom stereocenters. The number of anilines is 2. The standard InChI is InChI=1S/C8H12N2O2S.ClH/c1-6-3-4-7(5-8(6)9)10-13(2,11)12;/h3-5,10H,9H2,1-2H3;1H. The first-order chi connectivity index (χ1) is 5.88. The monoisotopic (exact) mass is 236 g/mol. The second-order valence-corrected chi connectivity index (χ2v) is 4.69. The molecule has 6 heteroatoms. The Morgan fingerprint density at radius 1 is 1.36 bits per heavy atom. The highest BCUT2D eigenvalue weighted by Gasteiger charge is 2.02. The van der Waals surface area contributed by atoms with Gasteiger partial charge in [0, 0.05) is 5.69 Å². The summed E-state index contributed by atoms with van der Waals surface area (Å²) in [6.07, 6.45) is 1.10. The molecule has 1 aromatic rings. The number of benzene rings is 1. The topological polar surface area (TPSA) is 72.2 Å². The van der Waals surface area contributed by atoms with Gasteiger partial charge in [0.1, 0.15) is 0 Å². The van der Waals surface area contributed by atoms with E-state index < -0.39 is 10.0 Å². The highest BCUT2D eigenvalue weighted by atomic mass is 35.5. The summed E-state index contributed by atoms with van der Waals surface area (Å²) in [7, 11) is -3.21. The van der Waals surface area contributed by atoms with E-state index in [2.05, 4.69) is 4.72 Å². The lowest BCUT2D eigenvalue weighted by Gasteiger charge is -2.05. The van der Waals surface area contributed by atoms with Crippen LogP contribution in [0.3, 0.4) is 0 Å². The summed E-state index contributed by atoms with van der Waals surface area (Å²) in [6, 6.07) is 5.03. The highest BCUT2D eigenvalue weighted by Crippen LogP contribution is 2.17. The smallest absolute Gasteiger partial charge is 0.229 e. The van der Waals surface area contributed by atoms with Crippen LogP contribution in [0.15, 0.2) is 18.2 Å². The summed E-state index contributed by atoms with van der Waals surface area (Å²) in [4.78, 5) is 0. The first-order valence-electron chi connectivity index (χ1n) is 3.72. The van der Waals surface area contributed by atoms with Crippen LogP contribution in [0.2, 0.25) is 0 Å². The average molecular weight is 237 g/mol. The molecule has 1 rings (SSSR count). The molecule has 0 atom stereocenters. The van der Waals surface area contributed by atoms with Crippen molar-refractivity contribution in [1.29, 1.82) is 0 Å². The van der Waals surface area contributed by atoms with Gasteiger partial charge in [-0.05, 0) is 24.6 Å². The number of hydrogen-bond donors (Lipinski definition) is 2. The van der Waals surface area contributed by atoms with Gasteiger partial charge in [0.05, 0.1) is 11.9 Å². The molecule has 0 aromatic heterocycles. The molecule has 0 saturated carbocycles. The number of sulfonamides is 1. The largest absolute Gasteiger partial charge is 0.398 e. The van der Waals surface area contributed by atoms with Crippen LogP contribution in [-0.2, 0) is 10.0 Å². The minimum absolute atomic E-state index is 0. The summed E-state index contributed by atoms with van der Waals surface area (Å²) >= 11 is 0. The third-order valence-electron chi connectivity index (χ3n) is 1.58. The third-order valence-corrected chi connectivity index (χ3v) is 2.19. The molecular weight excluding hydrogens is 224 g/mol. The van der Waals surface area contributed by atoms with Crippen molar-refractivity contribution in [3.63, 3.8) is 0 Å². The summed E-state index contributed by atoms with van der Waals surface area (Å²) < 4.78 is 24.0. The van der Waals surface area contributed by atoms with E-state index in [1.54, 1.807) is 18.2 Å². The van der Waals surface area contributed by atoms with Crippen LogP contribution in [-0.4, -0.2) is 14.7 Å². The van der Waals surface area contributed by atoms with Crippen molar-refractivity contribution in [1.82, 2.24) is 0 Å². The van der Waals surface area contributed by atoms with Crippen LogP contribution < -0.4 is 10.5 Å². The Kier molecular flexibility index (Phi) is 4.22. The van der Waals surface area contributed by atoms with Gasteiger partial charge in [0.2, 0.25) is 10.0 Å². The predicted octanol–water partition coefficient (Wildman–Crippen LogP) is 1.37. The summed E-state index contributed by atoms with van der Waals surface area (Å²) in [5, 5.41) is 0. The molecule has 0 spiro atoms. The zero-order valence-electron chi connectivity index (χ0n) is 7.94. The van der Waals surface area contributed by atoms with Crippen LogP contribution in [0, 0.1) is 6.92 Å². The fourth-order valence-corrected chi connectivity index (χ4v) is 1.47. The number of nitrogen functional groups attached to an aromatic ring is 1. The van der Waals surface area contributed by atoms with E-state index in [-0.39, 0.29) is 12.4 Å². The molecule has 0 amide bonds. The number of aryl methyl sites for hydroxylation is 1. The van der Waals surface area contributed by atoms with E-state index in [4.69, 9.17) is 5.73 Å². The second-order valence-electron chi connectivity index (χ2n) is 2.95. The zero-order valence-corrected chi connectivity index (χ0v) is 9.58. The molecule has 80 valence electrons. The lowest BCUT2D eigenvalue weighted by Crippen LogP contribution is -2.09. The van der Waals surface area contributed by atoms with E-state index in [9.17, 15) is 8.42 Å². The van der Waals surface area contributed by atoms with Gasteiger partial charge in [-0.2, -0.15) is 0 Å². The fourth-order valence-electron chi connectivity index (χ4n) is 0.918. The van der Waals surface area contributed by atoms with Crippen LogP contribution in [0.25, 0.3) is 0 Å². The Morgan fingerprint density at radius 2 is 1.93 bits per heavy atom. The average Bonchev–Trinajstić information content (AvgIpc) is 1.94. The first-order valence-corrected chi connectivity index (χ1v) is 5.61. The van der Waals surface area contributed by atoms with E-state index in [0.29, 0.717) is 11.4 Å². The molecular formula is C8H13ClN2O2S. The normalized spacial score (nSPS) is 10.4.